The minimum Gasteiger partial charge on any atom is -0.545 e. The van der Waals surface area contributed by atoms with E-state index in [0.717, 1.165) is 0 Å². The Morgan fingerprint density at radius 2 is 2.12 bits per heavy atom. The first-order chi connectivity index (χ1) is 12.5. The molecule has 0 saturated carbocycles. The Bertz CT molecular complexity index is 872. The predicted octanol–water partition coefficient (Wildman–Crippen LogP) is 1.29. The van der Waals surface area contributed by atoms with Crippen molar-refractivity contribution in [2.75, 3.05) is 19.0 Å². The molecule has 0 aliphatic carbocycles. The molecule has 0 bridgehead atoms. The zero-order valence-electron chi connectivity index (χ0n) is 15.2. The van der Waals surface area contributed by atoms with E-state index in [1.54, 1.807) is 36.9 Å². The number of methoxy groups -OCH3 is 1. The van der Waals surface area contributed by atoms with E-state index in [1.165, 1.54) is 0 Å². The number of rotatable bonds is 6. The van der Waals surface area contributed by atoms with Crippen LogP contribution in [0.25, 0.3) is 0 Å². The molecule has 3 rings (SSSR count). The number of carbonyl (C=O) groups excluding carboxylic acids is 1. The Morgan fingerprint density at radius 1 is 1.35 bits per heavy atom. The number of aryl methyl sites for hydroxylation is 1. The fraction of sp³-hybridized carbons (Fsp3) is 0.389. The number of benzene rings is 1. The molecule has 1 unspecified atom stereocenters. The van der Waals surface area contributed by atoms with Gasteiger partial charge in [0.2, 0.25) is 5.95 Å². The number of anilines is 1. The quantitative estimate of drug-likeness (QED) is 0.831. The summed E-state index contributed by atoms with van der Waals surface area (Å²) in [5.41, 5.74) is 1.28. The van der Waals surface area contributed by atoms with Gasteiger partial charge < -0.3 is 24.7 Å². The lowest BCUT2D eigenvalue weighted by molar-refractivity contribution is -0.299. The Hall–Kier alpha value is -3.03. The molecule has 0 fully saturated rings. The van der Waals surface area contributed by atoms with E-state index in [1.807, 2.05) is 13.8 Å². The summed E-state index contributed by atoms with van der Waals surface area (Å²) in [6, 6.07) is 4.65. The van der Waals surface area contributed by atoms with Crippen molar-refractivity contribution >= 4 is 11.9 Å². The number of nitrogens with one attached hydrogen (secondary N) is 1. The third-order valence-corrected chi connectivity index (χ3v) is 4.24. The minimum absolute atomic E-state index is 0.109. The summed E-state index contributed by atoms with van der Waals surface area (Å²) in [5, 5.41) is 19.3. The molecule has 26 heavy (non-hydrogen) atoms. The lowest BCUT2D eigenvalue weighted by Crippen LogP contribution is -2.35. The second-order valence-electron chi connectivity index (χ2n) is 5.85. The van der Waals surface area contributed by atoms with Gasteiger partial charge in [-0.15, -0.1) is 0 Å². The van der Waals surface area contributed by atoms with Gasteiger partial charge in [-0.1, -0.05) is 13.0 Å². The number of nitrogens with zero attached hydrogens (tertiary/aromatic N) is 3. The average Bonchev–Trinajstić information content (AvgIpc) is 3.03. The molecule has 1 aromatic carbocycles. The van der Waals surface area contributed by atoms with Crippen molar-refractivity contribution in [2.24, 2.45) is 0 Å². The summed E-state index contributed by atoms with van der Waals surface area (Å²) < 4.78 is 12.5. The number of aromatic nitrogens is 3. The highest BCUT2D eigenvalue weighted by Crippen LogP contribution is 2.38. The number of allylic oxidation sites excluding steroid dienone is 1. The van der Waals surface area contributed by atoms with Crippen LogP contribution in [0.5, 0.6) is 11.5 Å². The molecule has 1 N–H and O–H groups in total. The van der Waals surface area contributed by atoms with Crippen LogP contribution in [0, 0.1) is 0 Å². The molecule has 1 aliphatic rings. The summed E-state index contributed by atoms with van der Waals surface area (Å²) in [7, 11) is 1.56. The number of fused-ring (bicyclic) bond motifs is 1. The van der Waals surface area contributed by atoms with Crippen LogP contribution in [0.2, 0.25) is 0 Å². The van der Waals surface area contributed by atoms with Crippen LogP contribution < -0.4 is 19.9 Å². The molecule has 1 aliphatic heterocycles. The monoisotopic (exact) mass is 357 g/mol. The van der Waals surface area contributed by atoms with Gasteiger partial charge in [-0.2, -0.15) is 10.1 Å². The first-order valence-corrected chi connectivity index (χ1v) is 8.45. The van der Waals surface area contributed by atoms with Crippen molar-refractivity contribution in [3.8, 4) is 11.5 Å². The standard InChI is InChI=1S/C18H22N4O4/c1-5-14-20-18-19-10(3)15(17(23)24)16(22(18)21-14)11-7-8-12(25-4)13(9-11)26-6-2/h7-9,16H,5-6H2,1-4H3,(H,23,24)(H,19,20,21)/p-1. The zero-order chi connectivity index (χ0) is 18.8. The molecule has 8 heteroatoms. The molecular weight excluding hydrogens is 336 g/mol. The lowest BCUT2D eigenvalue weighted by atomic mass is 9.95. The number of ether oxygens (including phenoxy) is 2. The van der Waals surface area contributed by atoms with Crippen LogP contribution in [0.4, 0.5) is 5.95 Å². The molecule has 0 saturated heterocycles. The lowest BCUT2D eigenvalue weighted by Gasteiger charge is -2.30. The van der Waals surface area contributed by atoms with Crippen LogP contribution >= 0.6 is 0 Å². The molecule has 0 radical (unpaired) electrons. The first-order valence-electron chi connectivity index (χ1n) is 8.45. The van der Waals surface area contributed by atoms with Crippen LogP contribution in [0.3, 0.4) is 0 Å². The Balaban J connectivity index is 2.18. The third kappa shape index (κ3) is 2.98. The second kappa shape index (κ2) is 7.07. The van der Waals surface area contributed by atoms with Gasteiger partial charge in [-0.3, -0.25) is 0 Å². The van der Waals surface area contributed by atoms with Gasteiger partial charge in [-0.25, -0.2) is 4.68 Å². The molecule has 8 nitrogen and oxygen atoms in total. The number of hydrogen-bond acceptors (Lipinski definition) is 7. The topological polar surface area (TPSA) is 101 Å². The van der Waals surface area contributed by atoms with Crippen LogP contribution in [0.15, 0.2) is 29.5 Å². The van der Waals surface area contributed by atoms with E-state index >= 15 is 0 Å². The molecular formula is C18H21N4O4-. The number of carbonyl (C=O) groups is 1. The SMILES string of the molecule is CCOc1cc(C2C(C(=O)[O-])=C(C)Nc3nc(CC)nn32)ccc1OC. The second-order valence-corrected chi connectivity index (χ2v) is 5.85. The molecule has 138 valence electrons. The number of hydrogen-bond donors (Lipinski definition) is 1. The van der Waals surface area contributed by atoms with Crippen molar-refractivity contribution in [2.45, 2.75) is 33.2 Å². The normalized spacial score (nSPS) is 16.1. The summed E-state index contributed by atoms with van der Waals surface area (Å²) in [5.74, 6) is 0.992. The van der Waals surface area contributed by atoms with Gasteiger partial charge >= 0.3 is 0 Å². The van der Waals surface area contributed by atoms with Gasteiger partial charge in [-0.05, 0) is 31.5 Å². The molecule has 2 heterocycles. The molecule has 1 aromatic heterocycles. The maximum absolute atomic E-state index is 11.8. The fourth-order valence-electron chi connectivity index (χ4n) is 3.05. The number of aliphatic carboxylic acids is 1. The van der Waals surface area contributed by atoms with Gasteiger partial charge in [0.1, 0.15) is 6.04 Å². The van der Waals surface area contributed by atoms with Crippen molar-refractivity contribution in [3.05, 3.63) is 40.9 Å². The average molecular weight is 357 g/mol. The van der Waals surface area contributed by atoms with Gasteiger partial charge in [0.15, 0.2) is 17.3 Å². The van der Waals surface area contributed by atoms with E-state index in [0.29, 0.717) is 47.6 Å². The molecule has 1 atom stereocenters. The highest BCUT2D eigenvalue weighted by atomic mass is 16.5. The van der Waals surface area contributed by atoms with Crippen molar-refractivity contribution in [1.82, 2.24) is 14.8 Å². The minimum atomic E-state index is -1.26. The van der Waals surface area contributed by atoms with E-state index in [4.69, 9.17) is 9.47 Å². The highest BCUT2D eigenvalue weighted by molar-refractivity contribution is 5.89. The van der Waals surface area contributed by atoms with E-state index in [-0.39, 0.29) is 5.57 Å². The van der Waals surface area contributed by atoms with Gasteiger partial charge in [0.05, 0.1) is 19.7 Å². The van der Waals surface area contributed by atoms with E-state index < -0.39 is 12.0 Å². The molecule has 0 amide bonds. The Morgan fingerprint density at radius 3 is 2.73 bits per heavy atom. The Kier molecular flexibility index (Phi) is 4.83. The van der Waals surface area contributed by atoms with Crippen molar-refractivity contribution in [1.29, 1.82) is 0 Å². The number of carboxylic acids is 1. The fourth-order valence-corrected chi connectivity index (χ4v) is 3.05. The largest absolute Gasteiger partial charge is 0.545 e. The van der Waals surface area contributed by atoms with Gasteiger partial charge in [0.25, 0.3) is 0 Å². The zero-order valence-corrected chi connectivity index (χ0v) is 15.2. The number of carboxylic acid groups (broad SMARTS) is 1. The maximum atomic E-state index is 11.8. The van der Waals surface area contributed by atoms with Crippen molar-refractivity contribution < 1.29 is 19.4 Å². The first kappa shape index (κ1) is 17.8. The molecule has 2 aromatic rings. The van der Waals surface area contributed by atoms with Gasteiger partial charge in [0, 0.05) is 17.7 Å². The smallest absolute Gasteiger partial charge is 0.226 e. The predicted molar refractivity (Wildman–Crippen MR) is 93.0 cm³/mol. The van der Waals surface area contributed by atoms with E-state index in [9.17, 15) is 9.90 Å². The maximum Gasteiger partial charge on any atom is 0.226 e. The van der Waals surface area contributed by atoms with Crippen molar-refractivity contribution in [3.63, 3.8) is 0 Å². The van der Waals surface area contributed by atoms with Crippen LogP contribution in [-0.2, 0) is 11.2 Å². The van der Waals surface area contributed by atoms with Crippen LogP contribution in [-0.4, -0.2) is 34.5 Å². The third-order valence-electron chi connectivity index (χ3n) is 4.24. The summed E-state index contributed by atoms with van der Waals surface area (Å²) in [6.45, 7) is 5.96. The van der Waals surface area contributed by atoms with Crippen LogP contribution in [0.1, 0.15) is 38.2 Å². The Labute approximate surface area is 151 Å². The molecule has 0 spiro atoms. The summed E-state index contributed by atoms with van der Waals surface area (Å²) in [4.78, 5) is 16.3. The van der Waals surface area contributed by atoms with E-state index in [2.05, 4.69) is 15.4 Å². The summed E-state index contributed by atoms with van der Waals surface area (Å²) >= 11 is 0. The summed E-state index contributed by atoms with van der Waals surface area (Å²) in [6.07, 6.45) is 0.640. The highest BCUT2D eigenvalue weighted by Gasteiger charge is 2.31.